The Bertz CT molecular complexity index is 702. The largest absolute Gasteiger partial charge is 0.481 e. The van der Waals surface area contributed by atoms with Crippen LogP contribution in [0.15, 0.2) is 42.5 Å². The van der Waals surface area contributed by atoms with Crippen molar-refractivity contribution in [2.24, 2.45) is 0 Å². The van der Waals surface area contributed by atoms with Gasteiger partial charge in [0.25, 0.3) is 5.91 Å². The molecular formula is C17H17FN2O3. The minimum atomic E-state index is -0.476. The van der Waals surface area contributed by atoms with Crippen molar-refractivity contribution < 1.29 is 18.7 Å². The lowest BCUT2D eigenvalue weighted by Gasteiger charge is -2.38. The average Bonchev–Trinajstić information content (AvgIpc) is 2.49. The highest BCUT2D eigenvalue weighted by atomic mass is 19.1. The van der Waals surface area contributed by atoms with Gasteiger partial charge in [-0.15, -0.1) is 0 Å². The Hall–Kier alpha value is -2.63. The van der Waals surface area contributed by atoms with Crippen molar-refractivity contribution in [3.63, 3.8) is 0 Å². The smallest absolute Gasteiger partial charge is 0.260 e. The van der Waals surface area contributed by atoms with E-state index in [0.29, 0.717) is 19.0 Å². The van der Waals surface area contributed by atoms with Crippen LogP contribution in [0.3, 0.4) is 0 Å². The van der Waals surface area contributed by atoms with Crippen LogP contribution in [0.1, 0.15) is 5.69 Å². The maximum atomic E-state index is 13.4. The number of amides is 1. The zero-order chi connectivity index (χ0) is 16.2. The van der Waals surface area contributed by atoms with Gasteiger partial charge in [0, 0.05) is 11.8 Å². The van der Waals surface area contributed by atoms with Crippen LogP contribution in [0.4, 0.5) is 4.39 Å². The molecule has 0 bridgehead atoms. The summed E-state index contributed by atoms with van der Waals surface area (Å²) in [6.07, 6.45) is -0.0679. The molecule has 0 aliphatic carbocycles. The summed E-state index contributed by atoms with van der Waals surface area (Å²) in [6.45, 7) is 2.67. The molecule has 0 N–H and O–H groups in total. The fourth-order valence-electron chi connectivity index (χ4n) is 2.26. The number of likely N-dealkylation sites (tertiary alicyclic amines) is 1. The lowest BCUT2D eigenvalue weighted by Crippen LogP contribution is -2.57. The van der Waals surface area contributed by atoms with E-state index in [1.165, 1.54) is 12.1 Å². The van der Waals surface area contributed by atoms with Gasteiger partial charge in [-0.1, -0.05) is 18.2 Å². The summed E-state index contributed by atoms with van der Waals surface area (Å²) in [4.78, 5) is 17.8. The van der Waals surface area contributed by atoms with E-state index in [-0.39, 0.29) is 24.4 Å². The molecule has 2 aromatic rings. The second-order valence-electron chi connectivity index (χ2n) is 5.37. The fraction of sp³-hybridized carbons (Fsp3) is 0.294. The van der Waals surface area contributed by atoms with Crippen LogP contribution in [0.25, 0.3) is 0 Å². The van der Waals surface area contributed by atoms with E-state index in [9.17, 15) is 9.18 Å². The maximum absolute atomic E-state index is 13.4. The molecule has 2 heterocycles. The molecule has 0 radical (unpaired) electrons. The van der Waals surface area contributed by atoms with Crippen LogP contribution in [-0.4, -0.2) is 41.6 Å². The second kappa shape index (κ2) is 6.64. The van der Waals surface area contributed by atoms with Crippen molar-refractivity contribution >= 4 is 5.91 Å². The van der Waals surface area contributed by atoms with E-state index in [4.69, 9.17) is 9.47 Å². The molecule has 6 heteroatoms. The Labute approximate surface area is 133 Å². The normalized spacial score (nSPS) is 14.3. The molecule has 1 aromatic heterocycles. The van der Waals surface area contributed by atoms with Gasteiger partial charge in [-0.05, 0) is 25.1 Å². The first kappa shape index (κ1) is 15.3. The third kappa shape index (κ3) is 3.77. The number of nitrogens with zero attached hydrogens (tertiary/aromatic N) is 2. The van der Waals surface area contributed by atoms with Crippen LogP contribution in [-0.2, 0) is 4.79 Å². The third-order valence-electron chi connectivity index (χ3n) is 3.54. The molecular weight excluding hydrogens is 299 g/mol. The van der Waals surface area contributed by atoms with E-state index < -0.39 is 5.82 Å². The second-order valence-corrected chi connectivity index (χ2v) is 5.37. The maximum Gasteiger partial charge on any atom is 0.260 e. The number of carbonyl (C=O) groups is 1. The molecule has 5 nitrogen and oxygen atoms in total. The number of aromatic nitrogens is 1. The summed E-state index contributed by atoms with van der Waals surface area (Å²) in [5, 5.41) is 0. The molecule has 120 valence electrons. The topological polar surface area (TPSA) is 51.7 Å². The van der Waals surface area contributed by atoms with Crippen molar-refractivity contribution in [1.29, 1.82) is 0 Å². The van der Waals surface area contributed by atoms with Crippen LogP contribution >= 0.6 is 0 Å². The number of para-hydroxylation sites is 1. The summed E-state index contributed by atoms with van der Waals surface area (Å²) in [7, 11) is 0. The molecule has 0 atom stereocenters. The standard InChI is InChI=1S/C17H17FN2O3/c1-12-5-4-8-16(19-12)23-13-9-20(10-13)17(21)11-22-15-7-3-2-6-14(15)18/h2-8,13H,9-11H2,1H3. The van der Waals surface area contributed by atoms with Gasteiger partial charge in [-0.3, -0.25) is 4.79 Å². The minimum Gasteiger partial charge on any atom is -0.481 e. The number of pyridine rings is 1. The van der Waals surface area contributed by atoms with Crippen LogP contribution in [0.5, 0.6) is 11.6 Å². The lowest BCUT2D eigenvalue weighted by molar-refractivity contribution is -0.142. The summed E-state index contributed by atoms with van der Waals surface area (Å²) in [6, 6.07) is 11.6. The minimum absolute atomic E-state index is 0.0679. The predicted octanol–water partition coefficient (Wildman–Crippen LogP) is 2.20. The molecule has 1 aliphatic rings. The number of halogens is 1. The zero-order valence-corrected chi connectivity index (χ0v) is 12.7. The number of carbonyl (C=O) groups excluding carboxylic acids is 1. The van der Waals surface area contributed by atoms with Crippen molar-refractivity contribution in [2.45, 2.75) is 13.0 Å². The van der Waals surface area contributed by atoms with Gasteiger partial charge in [0.2, 0.25) is 5.88 Å². The summed E-state index contributed by atoms with van der Waals surface area (Å²) >= 11 is 0. The number of aryl methyl sites for hydroxylation is 1. The Balaban J connectivity index is 1.44. The van der Waals surface area contributed by atoms with Crippen molar-refractivity contribution in [3.05, 3.63) is 54.0 Å². The highest BCUT2D eigenvalue weighted by molar-refractivity contribution is 5.78. The number of benzene rings is 1. The van der Waals surface area contributed by atoms with Gasteiger partial charge >= 0.3 is 0 Å². The summed E-state index contributed by atoms with van der Waals surface area (Å²) in [5.41, 5.74) is 0.882. The summed E-state index contributed by atoms with van der Waals surface area (Å²) < 4.78 is 24.3. The van der Waals surface area contributed by atoms with Gasteiger partial charge in [-0.25, -0.2) is 9.37 Å². The number of hydrogen-bond donors (Lipinski definition) is 0. The van der Waals surface area contributed by atoms with Gasteiger partial charge < -0.3 is 14.4 Å². The van der Waals surface area contributed by atoms with Crippen molar-refractivity contribution in [1.82, 2.24) is 9.88 Å². The molecule has 1 aromatic carbocycles. The van der Waals surface area contributed by atoms with Gasteiger partial charge in [0.05, 0.1) is 13.1 Å². The van der Waals surface area contributed by atoms with Crippen molar-refractivity contribution in [2.75, 3.05) is 19.7 Å². The molecule has 0 saturated carbocycles. The van der Waals surface area contributed by atoms with E-state index in [1.54, 1.807) is 23.1 Å². The predicted molar refractivity (Wildman–Crippen MR) is 81.9 cm³/mol. The van der Waals surface area contributed by atoms with Crippen LogP contribution in [0, 0.1) is 12.7 Å². The third-order valence-corrected chi connectivity index (χ3v) is 3.54. The summed E-state index contributed by atoms with van der Waals surface area (Å²) in [5.74, 6) is -0.0243. The van der Waals surface area contributed by atoms with E-state index >= 15 is 0 Å². The molecule has 1 fully saturated rings. The first-order valence-corrected chi connectivity index (χ1v) is 7.37. The number of hydrogen-bond acceptors (Lipinski definition) is 4. The Morgan fingerprint density at radius 1 is 1.26 bits per heavy atom. The Kier molecular flexibility index (Phi) is 4.41. The highest BCUT2D eigenvalue weighted by Crippen LogP contribution is 2.18. The van der Waals surface area contributed by atoms with Gasteiger partial charge in [0.15, 0.2) is 18.2 Å². The number of ether oxygens (including phenoxy) is 2. The average molecular weight is 316 g/mol. The van der Waals surface area contributed by atoms with E-state index in [2.05, 4.69) is 4.98 Å². The molecule has 1 amide bonds. The molecule has 1 saturated heterocycles. The fourth-order valence-corrected chi connectivity index (χ4v) is 2.26. The van der Waals surface area contributed by atoms with Gasteiger partial charge in [0.1, 0.15) is 6.10 Å². The first-order valence-electron chi connectivity index (χ1n) is 7.37. The van der Waals surface area contributed by atoms with E-state index in [0.717, 1.165) is 5.69 Å². The monoisotopic (exact) mass is 316 g/mol. The zero-order valence-electron chi connectivity index (χ0n) is 12.7. The quantitative estimate of drug-likeness (QED) is 0.848. The lowest BCUT2D eigenvalue weighted by atomic mass is 10.1. The van der Waals surface area contributed by atoms with Gasteiger partial charge in [-0.2, -0.15) is 0 Å². The Morgan fingerprint density at radius 3 is 2.78 bits per heavy atom. The molecule has 0 spiro atoms. The SMILES string of the molecule is Cc1cccc(OC2CN(C(=O)COc3ccccc3F)C2)n1. The van der Waals surface area contributed by atoms with Crippen LogP contribution < -0.4 is 9.47 Å². The Morgan fingerprint density at radius 2 is 2.04 bits per heavy atom. The number of rotatable bonds is 5. The first-order chi connectivity index (χ1) is 11.1. The highest BCUT2D eigenvalue weighted by Gasteiger charge is 2.32. The molecule has 23 heavy (non-hydrogen) atoms. The van der Waals surface area contributed by atoms with E-state index in [1.807, 2.05) is 19.1 Å². The molecule has 1 aliphatic heterocycles. The van der Waals surface area contributed by atoms with Crippen molar-refractivity contribution in [3.8, 4) is 11.6 Å². The van der Waals surface area contributed by atoms with Crippen LogP contribution in [0.2, 0.25) is 0 Å². The molecule has 3 rings (SSSR count). The molecule has 0 unspecified atom stereocenters.